The number of thiazole rings is 3. The zero-order valence-electron chi connectivity index (χ0n) is 50.8. The minimum atomic E-state index is -1.13. The molecule has 0 saturated carbocycles. The number of unbranched alkanes of at least 4 members (excludes halogenated alkanes) is 3. The molecule has 4 amide bonds. The van der Waals surface area contributed by atoms with Gasteiger partial charge in [0, 0.05) is 86.6 Å². The van der Waals surface area contributed by atoms with Crippen molar-refractivity contribution in [2.24, 2.45) is 5.41 Å². The Kier molecular flexibility index (Phi) is 21.0. The van der Waals surface area contributed by atoms with E-state index in [0.717, 1.165) is 73.9 Å². The van der Waals surface area contributed by atoms with Gasteiger partial charge >= 0.3 is 5.97 Å². The van der Waals surface area contributed by atoms with Crippen molar-refractivity contribution in [2.45, 2.75) is 130 Å². The Balaban J connectivity index is 0.602. The lowest BCUT2D eigenvalue weighted by atomic mass is 9.85. The largest absolute Gasteiger partial charge is 0.491 e. The molecule has 0 aliphatic carbocycles. The van der Waals surface area contributed by atoms with Gasteiger partial charge in [-0.15, -0.1) is 32.9 Å². The lowest BCUT2D eigenvalue weighted by Gasteiger charge is -2.35. The van der Waals surface area contributed by atoms with Gasteiger partial charge in [0.15, 0.2) is 39.2 Å². The lowest BCUT2D eigenvalue weighted by molar-refractivity contribution is -0.144. The lowest BCUT2D eigenvalue weighted by Crippen LogP contribution is -2.57. The Morgan fingerprint density at radius 3 is 2.40 bits per heavy atom. The van der Waals surface area contributed by atoms with Crippen LogP contribution in [0.3, 0.4) is 0 Å². The molecule has 0 unspecified atom stereocenters. The number of amides is 4. The van der Waals surface area contributed by atoms with E-state index in [2.05, 4.69) is 57.8 Å². The zero-order valence-corrected chi connectivity index (χ0v) is 53.2. The monoisotopic (exact) mass is 1270 g/mol. The molecule has 89 heavy (non-hydrogen) atoms. The van der Waals surface area contributed by atoms with Gasteiger partial charge in [-0.2, -0.15) is 0 Å². The highest BCUT2D eigenvalue weighted by Gasteiger charge is 2.44. The molecular formula is C65H75FN12O8S3. The highest BCUT2D eigenvalue weighted by Crippen LogP contribution is 2.40. The van der Waals surface area contributed by atoms with E-state index in [1.54, 1.807) is 34.8 Å². The summed E-state index contributed by atoms with van der Waals surface area (Å²) < 4.78 is 22.1. The fourth-order valence-electron chi connectivity index (χ4n) is 11.3. The van der Waals surface area contributed by atoms with Crippen LogP contribution in [0.2, 0.25) is 0 Å². The van der Waals surface area contributed by atoms with Gasteiger partial charge in [0.1, 0.15) is 12.1 Å². The average Bonchev–Trinajstić information content (AvgIpc) is 2.09. The van der Waals surface area contributed by atoms with Crippen LogP contribution >= 0.6 is 34.0 Å². The fraction of sp³-hybridized carbons (Fsp3) is 0.446. The molecular weight excluding hydrogens is 1190 g/mol. The summed E-state index contributed by atoms with van der Waals surface area (Å²) in [5, 5.41) is 40.4. The first-order valence-electron chi connectivity index (χ1n) is 30.3. The van der Waals surface area contributed by atoms with Crippen LogP contribution in [0.5, 0.6) is 5.75 Å². The molecule has 2 fully saturated rings. The first-order valence-corrected chi connectivity index (χ1v) is 32.8. The van der Waals surface area contributed by atoms with Crippen molar-refractivity contribution in [1.82, 2.24) is 50.5 Å². The van der Waals surface area contributed by atoms with E-state index < -0.39 is 41.3 Å². The number of carboxylic acids is 1. The van der Waals surface area contributed by atoms with Crippen molar-refractivity contribution in [3.05, 3.63) is 117 Å². The number of aliphatic hydroxyl groups is 1. The van der Waals surface area contributed by atoms with Gasteiger partial charge in [-0.25, -0.2) is 24.1 Å². The van der Waals surface area contributed by atoms with Crippen molar-refractivity contribution in [1.29, 1.82) is 0 Å². The van der Waals surface area contributed by atoms with Crippen molar-refractivity contribution in [3.8, 4) is 28.0 Å². The Hall–Kier alpha value is -7.95. The summed E-state index contributed by atoms with van der Waals surface area (Å²) in [6.45, 7) is 13.5. The number of halogens is 1. The van der Waals surface area contributed by atoms with Gasteiger partial charge in [-0.1, -0.05) is 93.2 Å². The van der Waals surface area contributed by atoms with Gasteiger partial charge < -0.3 is 45.6 Å². The standard InChI is InChI=1S/C65H75FN12O8S3/c1-40-46-16-13-29-77(59(46)74-73-58(40)72-63-69-48-17-10-11-18-51(48)88-63)64-71-55(62(84)85)52(89-64)19-14-34-86-50-27-24-42(35-47(50)66)15-12-28-75-30-32-76(33-31-75)54(81)21-9-7-6-8-20-53(80)70-57(65(3,4)5)61(83)78-38-45(79)36-49(78)60(82)67-37-43-22-25-44(26-23-43)56-41(2)68-39-87-56/h10-11,17-18,22-27,35,39,45,49,57,79H,6-9,13-14,16,19-21,28-34,36-38H2,1-5H3,(H,67,82)(H,70,80)(H,84,85)(H,69,72,73)/t45-,49+,57-/m1/s1. The number of hydrogen-bond donors (Lipinski definition) is 5. The SMILES string of the molecule is Cc1ncsc1-c1ccc(CNC(=O)[C@@H]2C[C@@H](O)CN2C(=O)[C@@H](NC(=O)CCCCCCC(=O)N2CCN(CC#Cc3ccc(OCCCc4sc(N5CCCc6c5nnc(Nc5nc7ccccc7s5)c6C)nc4C(=O)O)c(F)c3)CC2)C(C)(C)C)cc1. The van der Waals surface area contributed by atoms with Gasteiger partial charge in [0.25, 0.3) is 0 Å². The van der Waals surface area contributed by atoms with Crippen LogP contribution in [0, 0.1) is 36.9 Å². The number of para-hydroxylation sites is 1. The molecule has 5 N–H and O–H groups in total. The zero-order chi connectivity index (χ0) is 62.8. The molecule has 24 heteroatoms. The maximum absolute atomic E-state index is 15.3. The Bertz CT molecular complexity index is 3720. The van der Waals surface area contributed by atoms with Crippen molar-refractivity contribution >= 4 is 95.7 Å². The van der Waals surface area contributed by atoms with Crippen LogP contribution in [-0.2, 0) is 38.6 Å². The number of carboxylic acid groups (broad SMARTS) is 1. The first-order chi connectivity index (χ1) is 42.9. The summed E-state index contributed by atoms with van der Waals surface area (Å²) in [6.07, 6.45) is 5.05. The molecule has 3 aliphatic rings. The third kappa shape index (κ3) is 16.1. The van der Waals surface area contributed by atoms with Crippen LogP contribution in [0.15, 0.2) is 72.2 Å². The van der Waals surface area contributed by atoms with E-state index in [1.165, 1.54) is 22.3 Å². The number of hydrogen-bond acceptors (Lipinski definition) is 18. The summed E-state index contributed by atoms with van der Waals surface area (Å²) in [7, 11) is 0. The summed E-state index contributed by atoms with van der Waals surface area (Å²) in [6, 6.07) is 18.6. The normalized spacial score (nSPS) is 16.4. The average molecular weight is 1270 g/mol. The van der Waals surface area contributed by atoms with E-state index in [1.807, 2.05) is 98.5 Å². The van der Waals surface area contributed by atoms with Crippen LogP contribution < -0.4 is 25.6 Å². The molecule has 7 aromatic rings. The van der Waals surface area contributed by atoms with Crippen LogP contribution in [0.25, 0.3) is 20.7 Å². The number of carbonyl (C=O) groups excluding carboxylic acids is 4. The molecule has 3 aromatic carbocycles. The quantitative estimate of drug-likeness (QED) is 0.0295. The molecule has 0 bridgehead atoms. The van der Waals surface area contributed by atoms with E-state index in [0.29, 0.717) is 98.6 Å². The molecule has 3 atom stereocenters. The number of piperazine rings is 1. The molecule has 468 valence electrons. The molecule has 0 radical (unpaired) electrons. The Labute approximate surface area is 529 Å². The second kappa shape index (κ2) is 29.1. The van der Waals surface area contributed by atoms with Gasteiger partial charge in [0.2, 0.25) is 23.6 Å². The fourth-order valence-corrected chi connectivity index (χ4v) is 14.1. The molecule has 20 nitrogen and oxygen atoms in total. The minimum absolute atomic E-state index is 0.00519. The summed E-state index contributed by atoms with van der Waals surface area (Å²) in [4.78, 5) is 89.0. The van der Waals surface area contributed by atoms with Crippen LogP contribution in [-0.4, -0.2) is 150 Å². The number of benzene rings is 3. The highest BCUT2D eigenvalue weighted by molar-refractivity contribution is 7.22. The number of fused-ring (bicyclic) bond motifs is 2. The molecule has 3 aliphatic heterocycles. The van der Waals surface area contributed by atoms with Gasteiger partial charge in [0.05, 0.1) is 45.6 Å². The van der Waals surface area contributed by atoms with E-state index in [-0.39, 0.29) is 61.7 Å². The number of rotatable bonds is 23. The van der Waals surface area contributed by atoms with Crippen LogP contribution in [0.4, 0.5) is 26.3 Å². The number of carbonyl (C=O) groups is 5. The number of aromatic carboxylic acids is 1. The number of aromatic nitrogens is 5. The predicted molar refractivity (Wildman–Crippen MR) is 344 cm³/mol. The van der Waals surface area contributed by atoms with E-state index in [9.17, 15) is 34.2 Å². The molecule has 10 rings (SSSR count). The second-order valence-electron chi connectivity index (χ2n) is 23.8. The molecule has 2 saturated heterocycles. The van der Waals surface area contributed by atoms with Crippen LogP contribution in [0.1, 0.15) is 122 Å². The Morgan fingerprint density at radius 2 is 1.67 bits per heavy atom. The third-order valence-electron chi connectivity index (χ3n) is 16.3. The number of ether oxygens (including phenoxy) is 1. The maximum atomic E-state index is 15.3. The number of aryl methyl sites for hydroxylation is 2. The van der Waals surface area contributed by atoms with Gasteiger partial charge in [-0.3, -0.25) is 24.1 Å². The minimum Gasteiger partial charge on any atom is -0.491 e. The van der Waals surface area contributed by atoms with Crippen molar-refractivity contribution in [3.63, 3.8) is 0 Å². The third-order valence-corrected chi connectivity index (χ3v) is 19.3. The van der Waals surface area contributed by atoms with E-state index in [4.69, 9.17) is 4.74 Å². The van der Waals surface area contributed by atoms with Gasteiger partial charge in [-0.05, 0) is 99.2 Å². The predicted octanol–water partition coefficient (Wildman–Crippen LogP) is 9.61. The molecule has 7 heterocycles. The summed E-state index contributed by atoms with van der Waals surface area (Å²) >= 11 is 4.41. The highest BCUT2D eigenvalue weighted by atomic mass is 32.1. The maximum Gasteiger partial charge on any atom is 0.355 e. The smallest absolute Gasteiger partial charge is 0.355 e. The topological polar surface area (TPSA) is 249 Å². The summed E-state index contributed by atoms with van der Waals surface area (Å²) in [5.74, 6) is 4.92. The number of β-amino-alcohol motifs (C(OH)–C–C–N with tert-alkyl or cyclic N) is 1. The van der Waals surface area contributed by atoms with E-state index >= 15 is 4.39 Å². The number of likely N-dealkylation sites (tertiary alicyclic amines) is 1. The Morgan fingerprint density at radius 1 is 0.899 bits per heavy atom. The summed E-state index contributed by atoms with van der Waals surface area (Å²) in [5.41, 5.74) is 7.39. The number of aliphatic hydroxyl groups excluding tert-OH is 1. The number of anilines is 4. The molecule has 4 aromatic heterocycles. The van der Waals surface area contributed by atoms with Crippen molar-refractivity contribution < 1.29 is 43.3 Å². The number of nitrogens with zero attached hydrogens (tertiary/aromatic N) is 9. The molecule has 0 spiro atoms. The second-order valence-corrected chi connectivity index (χ2v) is 26.8. The number of nitrogens with one attached hydrogen (secondary N) is 3. The van der Waals surface area contributed by atoms with Crippen molar-refractivity contribution in [2.75, 3.05) is 62.6 Å². The first kappa shape index (κ1) is 64.0.